The SMILES string of the molecule is CCC(N)COc1ccc2nc(C3CC3)sc2c1. The molecule has 0 radical (unpaired) electrons. The summed E-state index contributed by atoms with van der Waals surface area (Å²) in [4.78, 5) is 4.67. The first kappa shape index (κ1) is 11.9. The Labute approximate surface area is 111 Å². The Morgan fingerprint density at radius 3 is 3.06 bits per heavy atom. The second-order valence-corrected chi connectivity index (χ2v) is 6.00. The van der Waals surface area contributed by atoms with Gasteiger partial charge in [-0.25, -0.2) is 4.98 Å². The first-order chi connectivity index (χ1) is 8.76. The second kappa shape index (κ2) is 4.86. The maximum Gasteiger partial charge on any atom is 0.120 e. The van der Waals surface area contributed by atoms with Crippen molar-refractivity contribution in [1.29, 1.82) is 0 Å². The number of benzene rings is 1. The van der Waals surface area contributed by atoms with Crippen molar-refractivity contribution in [2.75, 3.05) is 6.61 Å². The molecule has 18 heavy (non-hydrogen) atoms. The monoisotopic (exact) mass is 262 g/mol. The van der Waals surface area contributed by atoms with Crippen LogP contribution >= 0.6 is 11.3 Å². The van der Waals surface area contributed by atoms with Gasteiger partial charge in [-0.15, -0.1) is 11.3 Å². The molecular formula is C14H18N2OS. The van der Waals surface area contributed by atoms with Crippen molar-refractivity contribution in [2.24, 2.45) is 5.73 Å². The third-order valence-electron chi connectivity index (χ3n) is 3.29. The summed E-state index contributed by atoms with van der Waals surface area (Å²) in [5.41, 5.74) is 6.94. The Bertz CT molecular complexity index is 548. The average molecular weight is 262 g/mol. The van der Waals surface area contributed by atoms with Crippen molar-refractivity contribution < 1.29 is 4.74 Å². The van der Waals surface area contributed by atoms with E-state index in [1.165, 1.54) is 22.5 Å². The van der Waals surface area contributed by atoms with Crippen molar-refractivity contribution >= 4 is 21.6 Å². The molecule has 1 aliphatic carbocycles. The van der Waals surface area contributed by atoms with Gasteiger partial charge in [-0.1, -0.05) is 6.92 Å². The van der Waals surface area contributed by atoms with Crippen LogP contribution in [0.4, 0.5) is 0 Å². The molecule has 0 spiro atoms. The number of rotatable bonds is 5. The van der Waals surface area contributed by atoms with E-state index < -0.39 is 0 Å². The molecule has 0 saturated heterocycles. The predicted octanol–water partition coefficient (Wildman–Crippen LogP) is 3.29. The predicted molar refractivity (Wildman–Crippen MR) is 75.4 cm³/mol. The topological polar surface area (TPSA) is 48.1 Å². The Hall–Kier alpha value is -1.13. The van der Waals surface area contributed by atoms with Crippen LogP contribution in [0.2, 0.25) is 0 Å². The third-order valence-corrected chi connectivity index (χ3v) is 4.47. The molecule has 0 bridgehead atoms. The molecule has 1 aromatic heterocycles. The summed E-state index contributed by atoms with van der Waals surface area (Å²) in [7, 11) is 0. The van der Waals surface area contributed by atoms with E-state index in [2.05, 4.69) is 18.0 Å². The molecule has 4 heteroatoms. The lowest BCUT2D eigenvalue weighted by atomic mass is 10.2. The molecule has 1 fully saturated rings. The lowest BCUT2D eigenvalue weighted by molar-refractivity contribution is 0.286. The van der Waals surface area contributed by atoms with Gasteiger partial charge >= 0.3 is 0 Å². The molecule has 2 aromatic rings. The standard InChI is InChI=1S/C14H18N2OS/c1-2-10(15)8-17-11-5-6-12-13(7-11)18-14(16-12)9-3-4-9/h5-7,9-10H,2-4,8,15H2,1H3. The van der Waals surface area contributed by atoms with Gasteiger partial charge < -0.3 is 10.5 Å². The molecule has 1 unspecified atom stereocenters. The summed E-state index contributed by atoms with van der Waals surface area (Å²) in [5, 5.41) is 1.28. The van der Waals surface area contributed by atoms with Crippen molar-refractivity contribution in [2.45, 2.75) is 38.1 Å². The number of fused-ring (bicyclic) bond motifs is 1. The van der Waals surface area contributed by atoms with Crippen molar-refractivity contribution in [3.8, 4) is 5.75 Å². The van der Waals surface area contributed by atoms with Gasteiger partial charge in [0.05, 0.1) is 15.2 Å². The first-order valence-electron chi connectivity index (χ1n) is 6.55. The summed E-state index contributed by atoms with van der Waals surface area (Å²) in [5.74, 6) is 1.62. The molecule has 2 N–H and O–H groups in total. The Morgan fingerprint density at radius 2 is 2.33 bits per heavy atom. The Kier molecular flexibility index (Phi) is 3.22. The summed E-state index contributed by atoms with van der Waals surface area (Å²) < 4.78 is 6.93. The lowest BCUT2D eigenvalue weighted by Crippen LogP contribution is -2.26. The summed E-state index contributed by atoms with van der Waals surface area (Å²) in [6.45, 7) is 2.65. The molecule has 96 valence electrons. The maximum absolute atomic E-state index is 5.85. The summed E-state index contributed by atoms with van der Waals surface area (Å²) >= 11 is 1.80. The molecule has 3 nitrogen and oxygen atoms in total. The third kappa shape index (κ3) is 2.49. The summed E-state index contributed by atoms with van der Waals surface area (Å²) in [6.07, 6.45) is 3.54. The van der Waals surface area contributed by atoms with Crippen molar-refractivity contribution in [1.82, 2.24) is 4.98 Å². The highest BCUT2D eigenvalue weighted by atomic mass is 32.1. The van der Waals surface area contributed by atoms with Crippen LogP contribution in [-0.2, 0) is 0 Å². The number of hydrogen-bond acceptors (Lipinski definition) is 4. The quantitative estimate of drug-likeness (QED) is 0.899. The van der Waals surface area contributed by atoms with Crippen LogP contribution in [0, 0.1) is 0 Å². The highest BCUT2D eigenvalue weighted by Crippen LogP contribution is 2.43. The molecule has 0 amide bonds. The number of nitrogens with two attached hydrogens (primary N) is 1. The Morgan fingerprint density at radius 1 is 1.50 bits per heavy atom. The lowest BCUT2D eigenvalue weighted by Gasteiger charge is -2.10. The molecular weight excluding hydrogens is 244 g/mol. The fourth-order valence-electron chi connectivity index (χ4n) is 1.84. The smallest absolute Gasteiger partial charge is 0.120 e. The van der Waals surface area contributed by atoms with E-state index in [0.717, 1.165) is 23.6 Å². The van der Waals surface area contributed by atoms with Crippen LogP contribution in [-0.4, -0.2) is 17.6 Å². The zero-order valence-electron chi connectivity index (χ0n) is 10.6. The van der Waals surface area contributed by atoms with E-state index in [1.54, 1.807) is 11.3 Å². The van der Waals surface area contributed by atoms with Crippen LogP contribution in [0.5, 0.6) is 5.75 Å². The van der Waals surface area contributed by atoms with E-state index in [9.17, 15) is 0 Å². The van der Waals surface area contributed by atoms with Gasteiger partial charge in [0.15, 0.2) is 0 Å². The minimum Gasteiger partial charge on any atom is -0.492 e. The molecule has 1 atom stereocenters. The van der Waals surface area contributed by atoms with E-state index >= 15 is 0 Å². The van der Waals surface area contributed by atoms with Gasteiger partial charge in [0.2, 0.25) is 0 Å². The Balaban J connectivity index is 1.77. The number of nitrogens with zero attached hydrogens (tertiary/aromatic N) is 1. The molecule has 0 aliphatic heterocycles. The van der Waals surface area contributed by atoms with Gasteiger partial charge in [0, 0.05) is 12.0 Å². The molecule has 1 heterocycles. The fourth-order valence-corrected chi connectivity index (χ4v) is 3.00. The van der Waals surface area contributed by atoms with Gasteiger partial charge in [-0.05, 0) is 37.5 Å². The minimum absolute atomic E-state index is 0.115. The van der Waals surface area contributed by atoms with Gasteiger partial charge in [-0.3, -0.25) is 0 Å². The highest BCUT2D eigenvalue weighted by molar-refractivity contribution is 7.18. The van der Waals surface area contributed by atoms with Crippen LogP contribution in [0.15, 0.2) is 18.2 Å². The van der Waals surface area contributed by atoms with E-state index in [0.29, 0.717) is 6.61 Å². The molecule has 1 aromatic carbocycles. The van der Waals surface area contributed by atoms with Crippen LogP contribution < -0.4 is 10.5 Å². The molecule has 1 aliphatic rings. The normalized spacial score (nSPS) is 17.0. The average Bonchev–Trinajstić information content (AvgIpc) is 3.15. The minimum atomic E-state index is 0.115. The van der Waals surface area contributed by atoms with Gasteiger partial charge in [0.25, 0.3) is 0 Å². The zero-order valence-corrected chi connectivity index (χ0v) is 11.4. The fraction of sp³-hybridized carbons (Fsp3) is 0.500. The highest BCUT2D eigenvalue weighted by Gasteiger charge is 2.26. The number of hydrogen-bond donors (Lipinski definition) is 1. The maximum atomic E-state index is 5.85. The van der Waals surface area contributed by atoms with Crippen LogP contribution in [0.25, 0.3) is 10.2 Å². The largest absolute Gasteiger partial charge is 0.492 e. The molecule has 1 saturated carbocycles. The van der Waals surface area contributed by atoms with Crippen molar-refractivity contribution in [3.05, 3.63) is 23.2 Å². The van der Waals surface area contributed by atoms with Crippen LogP contribution in [0.3, 0.4) is 0 Å². The van der Waals surface area contributed by atoms with Gasteiger partial charge in [-0.2, -0.15) is 0 Å². The molecule has 3 rings (SSSR count). The van der Waals surface area contributed by atoms with E-state index in [-0.39, 0.29) is 6.04 Å². The van der Waals surface area contributed by atoms with E-state index in [4.69, 9.17) is 10.5 Å². The number of thiazole rings is 1. The summed E-state index contributed by atoms with van der Waals surface area (Å²) in [6, 6.07) is 6.23. The van der Waals surface area contributed by atoms with E-state index in [1.807, 2.05) is 12.1 Å². The number of ether oxygens (including phenoxy) is 1. The number of aromatic nitrogens is 1. The first-order valence-corrected chi connectivity index (χ1v) is 7.36. The van der Waals surface area contributed by atoms with Crippen molar-refractivity contribution in [3.63, 3.8) is 0 Å². The zero-order chi connectivity index (χ0) is 12.5. The van der Waals surface area contributed by atoms with Gasteiger partial charge in [0.1, 0.15) is 12.4 Å². The van der Waals surface area contributed by atoms with Crippen LogP contribution in [0.1, 0.15) is 37.1 Å². The second-order valence-electron chi connectivity index (χ2n) is 4.94.